The zero-order valence-electron chi connectivity index (χ0n) is 22.7. The second-order valence-electron chi connectivity index (χ2n) is 10.3. The number of hydrogen-bond acceptors (Lipinski definition) is 1. The highest BCUT2D eigenvalue weighted by molar-refractivity contribution is 5.70. The van der Waals surface area contributed by atoms with Gasteiger partial charge in [-0.3, -0.25) is 0 Å². The molecular formula is C33H50FN. The van der Waals surface area contributed by atoms with E-state index in [1.54, 1.807) is 6.07 Å². The third kappa shape index (κ3) is 6.87. The van der Waals surface area contributed by atoms with Crippen LogP contribution in [-0.2, 0) is 12.8 Å². The summed E-state index contributed by atoms with van der Waals surface area (Å²) in [5.41, 5.74) is 7.83. The normalized spacial score (nSPS) is 20.3. The maximum atomic E-state index is 15.0. The van der Waals surface area contributed by atoms with Crippen LogP contribution in [0.4, 0.5) is 4.39 Å². The fourth-order valence-corrected chi connectivity index (χ4v) is 5.67. The highest BCUT2D eigenvalue weighted by Gasteiger charge is 2.28. The molecule has 1 fully saturated rings. The van der Waals surface area contributed by atoms with Gasteiger partial charge in [0, 0.05) is 21.0 Å². The predicted octanol–water partition coefficient (Wildman–Crippen LogP) is 9.78. The molecule has 2 unspecified atom stereocenters. The summed E-state index contributed by atoms with van der Waals surface area (Å²) in [6, 6.07) is 13.2. The van der Waals surface area contributed by atoms with E-state index in [1.165, 1.54) is 61.6 Å². The summed E-state index contributed by atoms with van der Waals surface area (Å²) >= 11 is 0. The zero-order chi connectivity index (χ0) is 25.4. The van der Waals surface area contributed by atoms with Crippen LogP contribution in [0.25, 0.3) is 11.1 Å². The third-order valence-electron chi connectivity index (χ3n) is 8.01. The SMILES string of the molecule is C=C(CC)c1cc(C)c(CC2NC=C(c3ccc(CC4CCCCCC4)cc3)C2C)c(F)c1.CC.[HH].[HH]. The fraction of sp³-hybridized carbons (Fsp3) is 0.515. The minimum Gasteiger partial charge on any atom is -0.387 e. The van der Waals surface area contributed by atoms with Crippen molar-refractivity contribution in [2.24, 2.45) is 11.8 Å². The van der Waals surface area contributed by atoms with Gasteiger partial charge in [0.15, 0.2) is 0 Å². The van der Waals surface area contributed by atoms with Crippen molar-refractivity contribution < 1.29 is 7.24 Å². The first kappa shape index (κ1) is 27.2. The minimum absolute atomic E-state index is 0. The Morgan fingerprint density at radius 3 is 2.29 bits per heavy atom. The number of benzene rings is 2. The topological polar surface area (TPSA) is 12.0 Å². The summed E-state index contributed by atoms with van der Waals surface area (Å²) in [5.74, 6) is 1.08. The lowest BCUT2D eigenvalue weighted by molar-refractivity contribution is 0.458. The van der Waals surface area contributed by atoms with E-state index >= 15 is 0 Å². The fourth-order valence-electron chi connectivity index (χ4n) is 5.67. The molecule has 1 N–H and O–H groups in total. The van der Waals surface area contributed by atoms with Gasteiger partial charge in [0.05, 0.1) is 0 Å². The van der Waals surface area contributed by atoms with Crippen LogP contribution >= 0.6 is 0 Å². The lowest BCUT2D eigenvalue weighted by Gasteiger charge is -2.21. The number of aryl methyl sites for hydroxylation is 1. The number of allylic oxidation sites excluding steroid dienone is 1. The molecule has 2 aromatic carbocycles. The second kappa shape index (κ2) is 13.1. The third-order valence-corrected chi connectivity index (χ3v) is 8.01. The van der Waals surface area contributed by atoms with Crippen molar-refractivity contribution in [3.05, 3.63) is 82.8 Å². The first-order valence-electron chi connectivity index (χ1n) is 14.0. The van der Waals surface area contributed by atoms with Crippen LogP contribution in [-0.4, -0.2) is 6.04 Å². The van der Waals surface area contributed by atoms with Crippen LogP contribution in [0.5, 0.6) is 0 Å². The average Bonchev–Trinajstić information content (AvgIpc) is 3.05. The van der Waals surface area contributed by atoms with E-state index in [9.17, 15) is 4.39 Å². The Morgan fingerprint density at radius 1 is 1.03 bits per heavy atom. The molecule has 2 aliphatic rings. The molecule has 0 saturated heterocycles. The molecule has 1 nitrogen and oxygen atoms in total. The first-order chi connectivity index (χ1) is 17.0. The Kier molecular flexibility index (Phi) is 10.2. The Morgan fingerprint density at radius 2 is 1.69 bits per heavy atom. The van der Waals surface area contributed by atoms with E-state index in [1.807, 2.05) is 20.8 Å². The van der Waals surface area contributed by atoms with Crippen LogP contribution in [0.2, 0.25) is 0 Å². The van der Waals surface area contributed by atoms with Crippen molar-refractivity contribution in [1.29, 1.82) is 0 Å². The van der Waals surface area contributed by atoms with Crippen LogP contribution < -0.4 is 5.32 Å². The maximum Gasteiger partial charge on any atom is 0.127 e. The van der Waals surface area contributed by atoms with Gasteiger partial charge in [-0.1, -0.05) is 103 Å². The van der Waals surface area contributed by atoms with Crippen LogP contribution in [0.3, 0.4) is 0 Å². The lowest BCUT2D eigenvalue weighted by atomic mass is 9.86. The maximum absolute atomic E-state index is 15.0. The number of hydrogen-bond donors (Lipinski definition) is 1. The number of nitrogens with one attached hydrogen (secondary N) is 1. The Labute approximate surface area is 216 Å². The van der Waals surface area contributed by atoms with Gasteiger partial charge in [-0.25, -0.2) is 4.39 Å². The van der Waals surface area contributed by atoms with Gasteiger partial charge in [-0.15, -0.1) is 0 Å². The minimum atomic E-state index is -0.107. The molecule has 0 bridgehead atoms. The van der Waals surface area contributed by atoms with E-state index in [4.69, 9.17) is 0 Å². The van der Waals surface area contributed by atoms with Gasteiger partial charge in [0.25, 0.3) is 0 Å². The standard InChI is InChI=1S/C31H40FN.C2H6.2H2/c1-5-21(2)27-16-22(3)28(30(32)18-27)19-31-23(4)29(20-33-31)26-14-12-25(13-15-26)17-24-10-8-6-7-9-11-24;1-2;;/h12-16,18,20,23-24,31,33H,2,5-11,17,19H2,1,3-4H3;1-2H3;2*1H. The van der Waals surface area contributed by atoms with E-state index < -0.39 is 0 Å². The first-order valence-corrected chi connectivity index (χ1v) is 14.0. The van der Waals surface area contributed by atoms with E-state index in [-0.39, 0.29) is 14.7 Å². The molecule has 1 heterocycles. The van der Waals surface area contributed by atoms with Crippen LogP contribution in [0.1, 0.15) is 103 Å². The largest absolute Gasteiger partial charge is 0.387 e. The number of halogens is 1. The van der Waals surface area contributed by atoms with Gasteiger partial charge < -0.3 is 5.32 Å². The second-order valence-corrected chi connectivity index (χ2v) is 10.3. The molecule has 1 aliphatic carbocycles. The molecule has 0 aromatic heterocycles. The van der Waals surface area contributed by atoms with Crippen molar-refractivity contribution in [1.82, 2.24) is 5.32 Å². The molecule has 2 aromatic rings. The van der Waals surface area contributed by atoms with Gasteiger partial charge in [0.1, 0.15) is 5.82 Å². The summed E-state index contributed by atoms with van der Waals surface area (Å²) in [6.45, 7) is 14.4. The van der Waals surface area contributed by atoms with Crippen molar-refractivity contribution in [3.63, 3.8) is 0 Å². The van der Waals surface area contributed by atoms with Gasteiger partial charge in [-0.05, 0) is 77.1 Å². The quantitative estimate of drug-likeness (QED) is 0.390. The summed E-state index contributed by atoms with van der Waals surface area (Å²) in [4.78, 5) is 0. The average molecular weight is 480 g/mol. The van der Waals surface area contributed by atoms with Crippen molar-refractivity contribution >= 4 is 11.1 Å². The monoisotopic (exact) mass is 479 g/mol. The van der Waals surface area contributed by atoms with Gasteiger partial charge >= 0.3 is 0 Å². The zero-order valence-corrected chi connectivity index (χ0v) is 22.7. The molecule has 0 amide bonds. The van der Waals surface area contributed by atoms with E-state index in [0.29, 0.717) is 12.3 Å². The number of rotatable bonds is 7. The highest BCUT2D eigenvalue weighted by Crippen LogP contribution is 2.34. The summed E-state index contributed by atoms with van der Waals surface area (Å²) in [6.07, 6.45) is 13.3. The molecule has 2 heteroatoms. The highest BCUT2D eigenvalue weighted by atomic mass is 19.1. The molecule has 2 atom stereocenters. The molecule has 1 saturated carbocycles. The van der Waals surface area contributed by atoms with Crippen LogP contribution in [0.15, 0.2) is 49.2 Å². The van der Waals surface area contributed by atoms with Crippen LogP contribution in [0, 0.1) is 24.6 Å². The van der Waals surface area contributed by atoms with Crippen molar-refractivity contribution in [2.75, 3.05) is 0 Å². The summed E-state index contributed by atoms with van der Waals surface area (Å²) < 4.78 is 15.0. The molecule has 194 valence electrons. The molecule has 4 rings (SSSR count). The van der Waals surface area contributed by atoms with Gasteiger partial charge in [-0.2, -0.15) is 0 Å². The molecule has 35 heavy (non-hydrogen) atoms. The summed E-state index contributed by atoms with van der Waals surface area (Å²) in [5, 5.41) is 3.55. The molecule has 0 spiro atoms. The molecule has 0 radical (unpaired) electrons. The Hall–Kier alpha value is -2.35. The smallest absolute Gasteiger partial charge is 0.127 e. The molecular weight excluding hydrogens is 429 g/mol. The van der Waals surface area contributed by atoms with E-state index in [0.717, 1.165) is 34.6 Å². The van der Waals surface area contributed by atoms with Crippen molar-refractivity contribution in [2.45, 2.75) is 98.4 Å². The predicted molar refractivity (Wildman–Crippen MR) is 155 cm³/mol. The Balaban J connectivity index is 0.00000167. The van der Waals surface area contributed by atoms with Crippen molar-refractivity contribution in [3.8, 4) is 0 Å². The van der Waals surface area contributed by atoms with Gasteiger partial charge in [0.2, 0.25) is 0 Å². The summed E-state index contributed by atoms with van der Waals surface area (Å²) in [7, 11) is 0. The lowest BCUT2D eigenvalue weighted by Crippen LogP contribution is -2.29. The van der Waals surface area contributed by atoms with E-state index in [2.05, 4.69) is 62.3 Å². The molecule has 1 aliphatic heterocycles. The Bertz CT molecular complexity index is 980.